The van der Waals surface area contributed by atoms with E-state index in [4.69, 9.17) is 0 Å². The zero-order valence-corrected chi connectivity index (χ0v) is 10.8. The van der Waals surface area contributed by atoms with E-state index in [1.54, 1.807) is 0 Å². The van der Waals surface area contributed by atoms with Crippen LogP contribution in [0.4, 0.5) is 8.78 Å². The third-order valence-corrected chi connectivity index (χ3v) is 2.72. The van der Waals surface area contributed by atoms with Gasteiger partial charge in [0.05, 0.1) is 0 Å². The Morgan fingerprint density at radius 1 is 1.22 bits per heavy atom. The van der Waals surface area contributed by atoms with Gasteiger partial charge in [-0.1, -0.05) is 31.9 Å². The fourth-order valence-corrected chi connectivity index (χ4v) is 1.59. The van der Waals surface area contributed by atoms with E-state index >= 15 is 0 Å². The first-order valence-electron chi connectivity index (χ1n) is 6.21. The van der Waals surface area contributed by atoms with Gasteiger partial charge in [-0.3, -0.25) is 4.79 Å². The lowest BCUT2D eigenvalue weighted by atomic mass is 10.1. The van der Waals surface area contributed by atoms with Crippen molar-refractivity contribution in [1.82, 2.24) is 5.32 Å². The Morgan fingerprint density at radius 2 is 1.83 bits per heavy atom. The van der Waals surface area contributed by atoms with Crippen LogP contribution in [-0.2, 0) is 5.92 Å². The van der Waals surface area contributed by atoms with Crippen molar-refractivity contribution in [3.8, 4) is 0 Å². The predicted octanol–water partition coefficient (Wildman–Crippen LogP) is 3.72. The number of alkyl halides is 2. The van der Waals surface area contributed by atoms with Crippen LogP contribution >= 0.6 is 0 Å². The average Bonchev–Trinajstić information content (AvgIpc) is 2.33. The molecule has 0 fully saturated rings. The molecular formula is C14H19F2NO. The first-order chi connectivity index (χ1) is 8.45. The number of carbonyl (C=O) groups excluding carboxylic acids is 1. The first-order valence-corrected chi connectivity index (χ1v) is 6.21. The molecule has 0 aliphatic carbocycles. The van der Waals surface area contributed by atoms with Crippen LogP contribution in [0.1, 0.15) is 49.0 Å². The Labute approximate surface area is 106 Å². The van der Waals surface area contributed by atoms with Crippen LogP contribution < -0.4 is 5.32 Å². The Balaban J connectivity index is 2.54. The van der Waals surface area contributed by atoms with Crippen molar-refractivity contribution in [2.45, 2.75) is 39.0 Å². The minimum Gasteiger partial charge on any atom is -0.352 e. The number of amides is 1. The molecular weight excluding hydrogens is 236 g/mol. The second kappa shape index (κ2) is 6.47. The number of hydrogen-bond donors (Lipinski definition) is 1. The van der Waals surface area contributed by atoms with Crippen molar-refractivity contribution in [2.75, 3.05) is 6.54 Å². The van der Waals surface area contributed by atoms with Gasteiger partial charge in [0.2, 0.25) is 0 Å². The van der Waals surface area contributed by atoms with E-state index in [0.717, 1.165) is 26.2 Å². The molecule has 0 aromatic heterocycles. The van der Waals surface area contributed by atoms with Crippen molar-refractivity contribution in [3.63, 3.8) is 0 Å². The zero-order valence-electron chi connectivity index (χ0n) is 10.8. The lowest BCUT2D eigenvalue weighted by molar-refractivity contribution is 0.0174. The van der Waals surface area contributed by atoms with Gasteiger partial charge < -0.3 is 5.32 Å². The van der Waals surface area contributed by atoms with Gasteiger partial charge in [-0.15, -0.1) is 0 Å². The first kappa shape index (κ1) is 14.6. The number of unbranched alkanes of at least 4 members (excludes halogenated alkanes) is 2. The number of hydrogen-bond acceptors (Lipinski definition) is 1. The molecule has 1 aromatic rings. The molecule has 0 bridgehead atoms. The van der Waals surface area contributed by atoms with Crippen LogP contribution in [0.2, 0.25) is 0 Å². The number of nitrogens with one attached hydrogen (secondary N) is 1. The van der Waals surface area contributed by atoms with Crippen LogP contribution in [0.5, 0.6) is 0 Å². The summed E-state index contributed by atoms with van der Waals surface area (Å²) in [4.78, 5) is 11.7. The molecule has 1 N–H and O–H groups in total. The van der Waals surface area contributed by atoms with Gasteiger partial charge in [0.25, 0.3) is 11.8 Å². The van der Waals surface area contributed by atoms with E-state index in [1.165, 1.54) is 24.3 Å². The Hall–Kier alpha value is -1.45. The van der Waals surface area contributed by atoms with Gasteiger partial charge in [-0.25, -0.2) is 8.78 Å². The molecule has 0 saturated heterocycles. The van der Waals surface area contributed by atoms with Crippen LogP contribution in [0, 0.1) is 0 Å². The van der Waals surface area contributed by atoms with E-state index in [2.05, 4.69) is 12.2 Å². The summed E-state index contributed by atoms with van der Waals surface area (Å²) < 4.78 is 25.9. The van der Waals surface area contributed by atoms with Crippen molar-refractivity contribution in [2.24, 2.45) is 0 Å². The molecule has 0 spiro atoms. The van der Waals surface area contributed by atoms with Gasteiger partial charge in [0.15, 0.2) is 0 Å². The molecule has 1 amide bonds. The minimum atomic E-state index is -2.86. The molecule has 0 saturated carbocycles. The maximum Gasteiger partial charge on any atom is 0.270 e. The summed E-state index contributed by atoms with van der Waals surface area (Å²) >= 11 is 0. The second-order valence-electron chi connectivity index (χ2n) is 4.43. The van der Waals surface area contributed by atoms with Crippen LogP contribution in [0.15, 0.2) is 24.3 Å². The summed E-state index contributed by atoms with van der Waals surface area (Å²) in [6.45, 7) is 3.55. The van der Waals surface area contributed by atoms with Gasteiger partial charge in [-0.2, -0.15) is 0 Å². The Kier molecular flexibility index (Phi) is 5.25. The summed E-state index contributed by atoms with van der Waals surface area (Å²) in [6, 6.07) is 5.45. The highest BCUT2D eigenvalue weighted by Crippen LogP contribution is 2.26. The van der Waals surface area contributed by atoms with Gasteiger partial charge >= 0.3 is 0 Å². The molecule has 4 heteroatoms. The van der Waals surface area contributed by atoms with E-state index in [9.17, 15) is 13.6 Å². The Morgan fingerprint density at radius 3 is 2.33 bits per heavy atom. The topological polar surface area (TPSA) is 29.1 Å². The highest BCUT2D eigenvalue weighted by molar-refractivity contribution is 5.94. The number of carbonyl (C=O) groups is 1. The lowest BCUT2D eigenvalue weighted by Crippen LogP contribution is -2.24. The highest BCUT2D eigenvalue weighted by Gasteiger charge is 2.23. The smallest absolute Gasteiger partial charge is 0.270 e. The monoisotopic (exact) mass is 255 g/mol. The van der Waals surface area contributed by atoms with E-state index in [0.29, 0.717) is 12.1 Å². The number of rotatable bonds is 6. The Bertz CT molecular complexity index is 382. The van der Waals surface area contributed by atoms with Gasteiger partial charge in [0.1, 0.15) is 0 Å². The summed E-state index contributed by atoms with van der Waals surface area (Å²) in [5.74, 6) is -3.08. The predicted molar refractivity (Wildman–Crippen MR) is 67.9 cm³/mol. The van der Waals surface area contributed by atoms with E-state index < -0.39 is 5.92 Å². The largest absolute Gasteiger partial charge is 0.352 e. The fraction of sp³-hybridized carbons (Fsp3) is 0.500. The summed E-state index contributed by atoms with van der Waals surface area (Å²) in [6.07, 6.45) is 3.10. The third kappa shape index (κ3) is 4.43. The molecule has 0 aliphatic rings. The SMILES string of the molecule is CCCCCNC(=O)c1ccc(C(C)(F)F)cc1. The van der Waals surface area contributed by atoms with Crippen molar-refractivity contribution in [1.29, 1.82) is 0 Å². The molecule has 1 rings (SSSR count). The maximum absolute atomic E-state index is 13.0. The maximum atomic E-state index is 13.0. The van der Waals surface area contributed by atoms with Crippen LogP contribution in [0.25, 0.3) is 0 Å². The van der Waals surface area contributed by atoms with Crippen molar-refractivity contribution in [3.05, 3.63) is 35.4 Å². The number of benzene rings is 1. The third-order valence-electron chi connectivity index (χ3n) is 2.72. The van der Waals surface area contributed by atoms with E-state index in [1.807, 2.05) is 0 Å². The molecule has 2 nitrogen and oxygen atoms in total. The molecule has 0 heterocycles. The standard InChI is InChI=1S/C14H19F2NO/c1-3-4-5-10-17-13(18)11-6-8-12(9-7-11)14(2,15)16/h6-9H,3-5,10H2,1-2H3,(H,17,18). The second-order valence-corrected chi connectivity index (χ2v) is 4.43. The average molecular weight is 255 g/mol. The molecule has 0 aliphatic heterocycles. The van der Waals surface area contributed by atoms with E-state index in [-0.39, 0.29) is 11.5 Å². The van der Waals surface area contributed by atoms with Crippen molar-refractivity contribution >= 4 is 5.91 Å². The summed E-state index contributed by atoms with van der Waals surface area (Å²) in [5, 5.41) is 2.77. The number of halogens is 2. The quantitative estimate of drug-likeness (QED) is 0.771. The molecule has 0 atom stereocenters. The summed E-state index contributed by atoms with van der Waals surface area (Å²) in [5.41, 5.74) is 0.338. The van der Waals surface area contributed by atoms with Crippen LogP contribution in [0.3, 0.4) is 0 Å². The zero-order chi connectivity index (χ0) is 13.6. The normalized spacial score (nSPS) is 11.3. The van der Waals surface area contributed by atoms with Gasteiger partial charge in [0, 0.05) is 24.6 Å². The molecule has 0 unspecified atom stereocenters. The fourth-order valence-electron chi connectivity index (χ4n) is 1.59. The van der Waals surface area contributed by atoms with Gasteiger partial charge in [-0.05, 0) is 18.6 Å². The molecule has 100 valence electrons. The van der Waals surface area contributed by atoms with Crippen molar-refractivity contribution < 1.29 is 13.6 Å². The molecule has 0 radical (unpaired) electrons. The molecule has 1 aromatic carbocycles. The van der Waals surface area contributed by atoms with Crippen LogP contribution in [-0.4, -0.2) is 12.5 Å². The minimum absolute atomic E-state index is 0.0787. The summed E-state index contributed by atoms with van der Waals surface area (Å²) in [7, 11) is 0. The highest BCUT2D eigenvalue weighted by atomic mass is 19.3. The molecule has 18 heavy (non-hydrogen) atoms. The lowest BCUT2D eigenvalue weighted by Gasteiger charge is -2.11.